The summed E-state index contributed by atoms with van der Waals surface area (Å²) in [6.45, 7) is 0. The fourth-order valence-corrected chi connectivity index (χ4v) is 1.51. The zero-order valence-corrected chi connectivity index (χ0v) is 11.0. The van der Waals surface area contributed by atoms with Crippen molar-refractivity contribution in [2.24, 2.45) is 0 Å². The van der Waals surface area contributed by atoms with Gasteiger partial charge in [-0.1, -0.05) is 0 Å². The number of hydrogen-bond donors (Lipinski definition) is 2. The average molecular weight is 304 g/mol. The van der Waals surface area contributed by atoms with Crippen LogP contribution < -0.4 is 11.5 Å². The largest absolute Gasteiger partial charge is 0.396 e. The van der Waals surface area contributed by atoms with Gasteiger partial charge in [-0.2, -0.15) is 0 Å². The van der Waals surface area contributed by atoms with Gasteiger partial charge in [0.1, 0.15) is 23.3 Å². The van der Waals surface area contributed by atoms with E-state index in [2.05, 4.69) is 23.7 Å². The van der Waals surface area contributed by atoms with Gasteiger partial charge in [0.2, 0.25) is 0 Å². The van der Waals surface area contributed by atoms with Crippen molar-refractivity contribution in [1.29, 1.82) is 0 Å². The van der Waals surface area contributed by atoms with Crippen molar-refractivity contribution in [1.82, 2.24) is 0 Å². The smallest absolute Gasteiger partial charge is 0.147 e. The van der Waals surface area contributed by atoms with Gasteiger partial charge < -0.3 is 11.5 Å². The molecule has 0 amide bonds. The van der Waals surface area contributed by atoms with E-state index in [-0.39, 0.29) is 22.5 Å². The number of nitrogens with two attached hydrogens (primary N) is 2. The van der Waals surface area contributed by atoms with Crippen molar-refractivity contribution in [3.63, 3.8) is 0 Å². The molecule has 2 aromatic rings. The maximum Gasteiger partial charge on any atom is 0.147 e. The minimum Gasteiger partial charge on any atom is -0.396 e. The molecule has 4 N–H and O–H groups in total. The Morgan fingerprint density at radius 3 is 1.32 bits per heavy atom. The van der Waals surface area contributed by atoms with Crippen LogP contribution in [0.1, 0.15) is 11.1 Å². The lowest BCUT2D eigenvalue weighted by molar-refractivity contribution is 0.601. The Kier molecular flexibility index (Phi) is 4.24. The first kappa shape index (κ1) is 15.3. The molecule has 0 aliphatic rings. The normalized spacial score (nSPS) is 9.45. The second-order valence-electron chi connectivity index (χ2n) is 4.21. The van der Waals surface area contributed by atoms with Crippen LogP contribution in [0, 0.1) is 47.0 Å². The summed E-state index contributed by atoms with van der Waals surface area (Å²) in [7, 11) is 0. The van der Waals surface area contributed by atoms with Gasteiger partial charge >= 0.3 is 0 Å². The maximum atomic E-state index is 13.4. The summed E-state index contributed by atoms with van der Waals surface area (Å²) < 4.78 is 53.2. The van der Waals surface area contributed by atoms with E-state index in [9.17, 15) is 17.6 Å². The summed E-state index contributed by atoms with van der Waals surface area (Å²) in [5, 5.41) is 0. The predicted molar refractivity (Wildman–Crippen MR) is 75.3 cm³/mol. The van der Waals surface area contributed by atoms with E-state index < -0.39 is 23.3 Å². The molecule has 0 fully saturated rings. The van der Waals surface area contributed by atoms with Crippen LogP contribution in [0.25, 0.3) is 0 Å². The molecule has 2 aromatic carbocycles. The summed E-state index contributed by atoms with van der Waals surface area (Å²) in [5.41, 5.74) is 9.20. The van der Waals surface area contributed by atoms with Crippen LogP contribution in [-0.2, 0) is 0 Å². The van der Waals surface area contributed by atoms with Crippen molar-refractivity contribution in [3.05, 3.63) is 58.7 Å². The monoisotopic (exact) mass is 304 g/mol. The molecule has 0 unspecified atom stereocenters. The van der Waals surface area contributed by atoms with Gasteiger partial charge in [-0.3, -0.25) is 0 Å². The number of nitrogen functional groups attached to an aromatic ring is 2. The van der Waals surface area contributed by atoms with E-state index in [0.717, 1.165) is 24.3 Å². The third-order valence-corrected chi connectivity index (χ3v) is 2.63. The van der Waals surface area contributed by atoms with E-state index in [1.54, 1.807) is 0 Å². The Bertz CT molecular complexity index is 794. The molecule has 2 nitrogen and oxygen atoms in total. The summed E-state index contributed by atoms with van der Waals surface area (Å²) in [6.07, 6.45) is 0. The van der Waals surface area contributed by atoms with E-state index in [4.69, 9.17) is 11.5 Å². The van der Waals surface area contributed by atoms with E-state index >= 15 is 0 Å². The van der Waals surface area contributed by atoms with Gasteiger partial charge in [0.05, 0.1) is 22.5 Å². The van der Waals surface area contributed by atoms with Gasteiger partial charge in [-0.05, 0) is 35.8 Å². The molecule has 0 aliphatic heterocycles. The molecule has 0 atom stereocenters. The highest BCUT2D eigenvalue weighted by atomic mass is 19.1. The second-order valence-corrected chi connectivity index (χ2v) is 4.21. The van der Waals surface area contributed by atoms with E-state index in [0.29, 0.717) is 0 Å². The third-order valence-electron chi connectivity index (χ3n) is 2.63. The van der Waals surface area contributed by atoms with Crippen molar-refractivity contribution in [3.8, 4) is 23.7 Å². The van der Waals surface area contributed by atoms with Crippen LogP contribution in [0.5, 0.6) is 0 Å². The zero-order valence-electron chi connectivity index (χ0n) is 11.0. The summed E-state index contributed by atoms with van der Waals surface area (Å²) in [6, 6.07) is 3.23. The molecule has 0 aromatic heterocycles. The van der Waals surface area contributed by atoms with Crippen molar-refractivity contribution >= 4 is 11.4 Å². The first-order valence-corrected chi connectivity index (χ1v) is 5.89. The van der Waals surface area contributed by atoms with E-state index in [1.165, 1.54) is 0 Å². The fraction of sp³-hybridized carbons (Fsp3) is 0. The van der Waals surface area contributed by atoms with Crippen LogP contribution in [-0.4, -0.2) is 0 Å². The quantitative estimate of drug-likeness (QED) is 0.447. The summed E-state index contributed by atoms with van der Waals surface area (Å²) >= 11 is 0. The van der Waals surface area contributed by atoms with Gasteiger partial charge in [0.15, 0.2) is 0 Å². The SMILES string of the molecule is Nc1cc(F)c(C#CC#Cc2cc(F)c(N)cc2F)cc1F. The minimum absolute atomic E-state index is 0.245. The molecular formula is C16H8F4N2. The molecule has 0 saturated heterocycles. The lowest BCUT2D eigenvalue weighted by atomic mass is 10.1. The molecule has 0 bridgehead atoms. The van der Waals surface area contributed by atoms with Crippen molar-refractivity contribution in [2.75, 3.05) is 11.5 Å². The van der Waals surface area contributed by atoms with Crippen molar-refractivity contribution < 1.29 is 17.6 Å². The fourth-order valence-electron chi connectivity index (χ4n) is 1.51. The number of anilines is 2. The Balaban J connectivity index is 2.30. The molecule has 110 valence electrons. The van der Waals surface area contributed by atoms with Crippen LogP contribution in [0.4, 0.5) is 28.9 Å². The predicted octanol–water partition coefficient (Wildman–Crippen LogP) is 2.81. The molecule has 0 aliphatic carbocycles. The second kappa shape index (κ2) is 6.11. The highest BCUT2D eigenvalue weighted by molar-refractivity contribution is 5.51. The molecule has 0 heterocycles. The summed E-state index contributed by atoms with van der Waals surface area (Å²) in [4.78, 5) is 0. The Labute approximate surface area is 123 Å². The minimum atomic E-state index is -0.815. The number of benzene rings is 2. The standard InChI is InChI=1S/C16H8F4N2/c17-11-7-15(21)13(19)5-9(11)3-1-2-4-10-6-14(20)16(22)8-12(10)18/h5-8H,21-22H2. The van der Waals surface area contributed by atoms with Crippen LogP contribution in [0.15, 0.2) is 24.3 Å². The van der Waals surface area contributed by atoms with Crippen molar-refractivity contribution in [2.45, 2.75) is 0 Å². The molecule has 0 saturated carbocycles. The maximum absolute atomic E-state index is 13.4. The first-order valence-electron chi connectivity index (χ1n) is 5.89. The molecule has 6 heteroatoms. The Hall–Kier alpha value is -3.12. The number of rotatable bonds is 0. The van der Waals surface area contributed by atoms with Gasteiger partial charge in [0.25, 0.3) is 0 Å². The average Bonchev–Trinajstić information content (AvgIpc) is 2.45. The lowest BCUT2D eigenvalue weighted by Gasteiger charge is -1.98. The molecule has 22 heavy (non-hydrogen) atoms. The molecule has 0 spiro atoms. The third kappa shape index (κ3) is 3.31. The number of hydrogen-bond acceptors (Lipinski definition) is 2. The molecular weight excluding hydrogens is 296 g/mol. The van der Waals surface area contributed by atoms with E-state index in [1.807, 2.05) is 0 Å². The summed E-state index contributed by atoms with van der Waals surface area (Å²) in [5.74, 6) is 5.72. The number of halogens is 4. The molecule has 0 radical (unpaired) electrons. The van der Waals surface area contributed by atoms with Gasteiger partial charge in [0, 0.05) is 12.1 Å². The highest BCUT2D eigenvalue weighted by Gasteiger charge is 2.06. The van der Waals surface area contributed by atoms with Crippen LogP contribution >= 0.6 is 0 Å². The Morgan fingerprint density at radius 2 is 0.955 bits per heavy atom. The Morgan fingerprint density at radius 1 is 0.591 bits per heavy atom. The molecule has 2 rings (SSSR count). The van der Waals surface area contributed by atoms with Gasteiger partial charge in [-0.15, -0.1) is 0 Å². The van der Waals surface area contributed by atoms with Gasteiger partial charge in [-0.25, -0.2) is 17.6 Å². The van der Waals surface area contributed by atoms with Crippen LogP contribution in [0.2, 0.25) is 0 Å². The lowest BCUT2D eigenvalue weighted by Crippen LogP contribution is -1.94. The topological polar surface area (TPSA) is 52.0 Å². The zero-order chi connectivity index (χ0) is 16.3. The highest BCUT2D eigenvalue weighted by Crippen LogP contribution is 2.16. The first-order chi connectivity index (χ1) is 10.4. The van der Waals surface area contributed by atoms with Crippen LogP contribution in [0.3, 0.4) is 0 Å².